The zero-order chi connectivity index (χ0) is 16.1. The maximum Gasteiger partial charge on any atom is 0.0424 e. The van der Waals surface area contributed by atoms with Crippen LogP contribution >= 0.6 is 0 Å². The van der Waals surface area contributed by atoms with Crippen LogP contribution in [0.25, 0.3) is 0 Å². The molecule has 116 valence electrons. The molecule has 1 atom stereocenters. The summed E-state index contributed by atoms with van der Waals surface area (Å²) in [5.41, 5.74) is 5.09. The highest BCUT2D eigenvalue weighted by Gasteiger charge is 2.17. The number of aryl methyl sites for hydroxylation is 1. The smallest absolute Gasteiger partial charge is 0.0424 e. The highest BCUT2D eigenvalue weighted by molar-refractivity contribution is 5.34. The van der Waals surface area contributed by atoms with Crippen molar-refractivity contribution in [3.63, 3.8) is 0 Å². The van der Waals surface area contributed by atoms with Gasteiger partial charge in [-0.15, -0.1) is 6.42 Å². The highest BCUT2D eigenvalue weighted by Crippen LogP contribution is 2.26. The lowest BCUT2D eigenvalue weighted by atomic mass is 9.92. The van der Waals surface area contributed by atoms with Crippen molar-refractivity contribution in [2.45, 2.75) is 32.2 Å². The number of terminal acetylenes is 1. The molecule has 1 heterocycles. The van der Waals surface area contributed by atoms with Gasteiger partial charge in [0.2, 0.25) is 0 Å². The minimum atomic E-state index is 0.580. The minimum Gasteiger partial charge on any atom is -0.373 e. The maximum atomic E-state index is 5.42. The highest BCUT2D eigenvalue weighted by atomic mass is 15.1. The Morgan fingerprint density at radius 2 is 1.74 bits per heavy atom. The standard InChI is InChI=1S/C22H23N/c1-3-18-7-9-20(10-8-18)16-23-15-5-6-22(17-23)21-13-11-19(4-2)12-14-21/h1,5,7-15,22H,4,6,16-17H2,2H3. The summed E-state index contributed by atoms with van der Waals surface area (Å²) < 4.78 is 0. The molecular formula is C22H23N. The predicted molar refractivity (Wildman–Crippen MR) is 97.1 cm³/mol. The normalized spacial score (nSPS) is 17.0. The molecule has 0 amide bonds. The van der Waals surface area contributed by atoms with Crippen LogP contribution in [0.15, 0.2) is 60.8 Å². The molecule has 0 N–H and O–H groups in total. The first kappa shape index (κ1) is 15.4. The summed E-state index contributed by atoms with van der Waals surface area (Å²) in [6.07, 6.45) is 12.2. The van der Waals surface area contributed by atoms with Crippen molar-refractivity contribution in [2.24, 2.45) is 0 Å². The fourth-order valence-electron chi connectivity index (χ4n) is 3.12. The zero-order valence-corrected chi connectivity index (χ0v) is 13.7. The van der Waals surface area contributed by atoms with Gasteiger partial charge in [0, 0.05) is 24.6 Å². The first-order chi connectivity index (χ1) is 11.3. The summed E-state index contributed by atoms with van der Waals surface area (Å²) >= 11 is 0. The number of hydrogen-bond acceptors (Lipinski definition) is 1. The molecule has 0 saturated heterocycles. The van der Waals surface area contributed by atoms with E-state index >= 15 is 0 Å². The van der Waals surface area contributed by atoms with Crippen molar-refractivity contribution < 1.29 is 0 Å². The van der Waals surface area contributed by atoms with Crippen molar-refractivity contribution in [3.8, 4) is 12.3 Å². The number of benzene rings is 2. The van der Waals surface area contributed by atoms with Gasteiger partial charge in [0.15, 0.2) is 0 Å². The lowest BCUT2D eigenvalue weighted by Gasteiger charge is -2.30. The first-order valence-corrected chi connectivity index (χ1v) is 8.33. The van der Waals surface area contributed by atoms with E-state index in [1.165, 1.54) is 16.7 Å². The second kappa shape index (κ2) is 7.20. The van der Waals surface area contributed by atoms with Crippen LogP contribution in [-0.2, 0) is 13.0 Å². The molecule has 23 heavy (non-hydrogen) atoms. The van der Waals surface area contributed by atoms with Gasteiger partial charge in [0.1, 0.15) is 0 Å². The fraction of sp³-hybridized carbons (Fsp3) is 0.273. The van der Waals surface area contributed by atoms with E-state index in [9.17, 15) is 0 Å². The second-order valence-electron chi connectivity index (χ2n) is 6.18. The molecule has 2 aromatic carbocycles. The van der Waals surface area contributed by atoms with Gasteiger partial charge in [-0.25, -0.2) is 0 Å². The lowest BCUT2D eigenvalue weighted by Crippen LogP contribution is -2.26. The van der Waals surface area contributed by atoms with E-state index in [0.29, 0.717) is 5.92 Å². The third-order valence-corrected chi connectivity index (χ3v) is 4.56. The van der Waals surface area contributed by atoms with Gasteiger partial charge in [-0.3, -0.25) is 0 Å². The summed E-state index contributed by atoms with van der Waals surface area (Å²) in [6, 6.07) is 17.4. The van der Waals surface area contributed by atoms with Gasteiger partial charge in [-0.2, -0.15) is 0 Å². The molecule has 2 aromatic rings. The maximum absolute atomic E-state index is 5.42. The quantitative estimate of drug-likeness (QED) is 0.738. The van der Waals surface area contributed by atoms with Crippen LogP contribution < -0.4 is 0 Å². The third kappa shape index (κ3) is 3.85. The van der Waals surface area contributed by atoms with Gasteiger partial charge in [0.05, 0.1) is 0 Å². The largest absolute Gasteiger partial charge is 0.373 e. The van der Waals surface area contributed by atoms with E-state index in [0.717, 1.165) is 31.5 Å². The summed E-state index contributed by atoms with van der Waals surface area (Å²) in [4.78, 5) is 2.40. The minimum absolute atomic E-state index is 0.580. The number of hydrogen-bond donors (Lipinski definition) is 0. The van der Waals surface area contributed by atoms with E-state index < -0.39 is 0 Å². The number of rotatable bonds is 4. The van der Waals surface area contributed by atoms with Crippen LogP contribution in [0.1, 0.15) is 41.5 Å². The van der Waals surface area contributed by atoms with Crippen molar-refractivity contribution >= 4 is 0 Å². The Bertz CT molecular complexity index is 701. The van der Waals surface area contributed by atoms with Gasteiger partial charge in [-0.05, 0) is 47.9 Å². The Morgan fingerprint density at radius 3 is 2.39 bits per heavy atom. The van der Waals surface area contributed by atoms with E-state index in [2.05, 4.69) is 66.4 Å². The van der Waals surface area contributed by atoms with E-state index in [1.807, 2.05) is 12.1 Å². The van der Waals surface area contributed by atoms with E-state index in [4.69, 9.17) is 6.42 Å². The van der Waals surface area contributed by atoms with Crippen LogP contribution in [-0.4, -0.2) is 11.4 Å². The molecule has 0 aliphatic carbocycles. The summed E-state index contributed by atoms with van der Waals surface area (Å²) in [5, 5.41) is 0. The Morgan fingerprint density at radius 1 is 1.04 bits per heavy atom. The monoisotopic (exact) mass is 301 g/mol. The van der Waals surface area contributed by atoms with Gasteiger partial charge in [-0.1, -0.05) is 55.3 Å². The Hall–Kier alpha value is -2.46. The third-order valence-electron chi connectivity index (χ3n) is 4.56. The average molecular weight is 301 g/mol. The van der Waals surface area contributed by atoms with Crippen molar-refractivity contribution in [3.05, 3.63) is 83.1 Å². The molecule has 1 nitrogen and oxygen atoms in total. The van der Waals surface area contributed by atoms with E-state index in [1.54, 1.807) is 0 Å². The molecule has 0 fully saturated rings. The molecule has 0 spiro atoms. The van der Waals surface area contributed by atoms with Gasteiger partial charge >= 0.3 is 0 Å². The Kier molecular flexibility index (Phi) is 4.83. The predicted octanol–water partition coefficient (Wildman–Crippen LogP) is 4.73. The average Bonchev–Trinajstić information content (AvgIpc) is 2.63. The summed E-state index contributed by atoms with van der Waals surface area (Å²) in [5.74, 6) is 3.25. The Labute approximate surface area is 139 Å². The molecule has 1 aliphatic rings. The van der Waals surface area contributed by atoms with Crippen molar-refractivity contribution in [1.82, 2.24) is 4.90 Å². The lowest BCUT2D eigenvalue weighted by molar-refractivity contribution is 0.323. The molecule has 0 aromatic heterocycles. The van der Waals surface area contributed by atoms with Gasteiger partial charge < -0.3 is 4.90 Å². The summed E-state index contributed by atoms with van der Waals surface area (Å²) in [6.45, 7) is 4.20. The molecule has 1 aliphatic heterocycles. The fourth-order valence-corrected chi connectivity index (χ4v) is 3.12. The molecular weight excluding hydrogens is 278 g/mol. The molecule has 3 rings (SSSR count). The van der Waals surface area contributed by atoms with Crippen molar-refractivity contribution in [1.29, 1.82) is 0 Å². The number of nitrogens with zero attached hydrogens (tertiary/aromatic N) is 1. The van der Waals surface area contributed by atoms with Gasteiger partial charge in [0.25, 0.3) is 0 Å². The van der Waals surface area contributed by atoms with Crippen LogP contribution in [0.4, 0.5) is 0 Å². The molecule has 1 heteroatoms. The topological polar surface area (TPSA) is 3.24 Å². The molecule has 0 bridgehead atoms. The SMILES string of the molecule is C#Cc1ccc(CN2C=CCC(c3ccc(CC)cc3)C2)cc1. The van der Waals surface area contributed by atoms with E-state index in [-0.39, 0.29) is 0 Å². The zero-order valence-electron chi connectivity index (χ0n) is 13.7. The second-order valence-corrected chi connectivity index (χ2v) is 6.18. The van der Waals surface area contributed by atoms with Crippen LogP contribution in [0.2, 0.25) is 0 Å². The van der Waals surface area contributed by atoms with Crippen LogP contribution in [0, 0.1) is 12.3 Å². The first-order valence-electron chi connectivity index (χ1n) is 8.33. The Balaban J connectivity index is 1.66. The molecule has 0 saturated carbocycles. The summed E-state index contributed by atoms with van der Waals surface area (Å²) in [7, 11) is 0. The van der Waals surface area contributed by atoms with Crippen LogP contribution in [0.3, 0.4) is 0 Å². The van der Waals surface area contributed by atoms with Crippen molar-refractivity contribution in [2.75, 3.05) is 6.54 Å². The molecule has 1 unspecified atom stereocenters. The van der Waals surface area contributed by atoms with Crippen LogP contribution in [0.5, 0.6) is 0 Å². The number of allylic oxidation sites excluding steroid dienone is 1. The molecule has 0 radical (unpaired) electrons.